The van der Waals surface area contributed by atoms with Gasteiger partial charge in [-0.15, -0.1) is 4.80 Å². The van der Waals surface area contributed by atoms with Gasteiger partial charge in [0.15, 0.2) is 11.3 Å². The Bertz CT molecular complexity index is 1020. The molecule has 0 spiro atoms. The van der Waals surface area contributed by atoms with E-state index >= 15 is 0 Å². The molecule has 1 fully saturated rings. The molecule has 28 heavy (non-hydrogen) atoms. The van der Waals surface area contributed by atoms with Crippen molar-refractivity contribution in [3.05, 3.63) is 47.4 Å². The van der Waals surface area contributed by atoms with Crippen LogP contribution in [0.1, 0.15) is 35.8 Å². The second-order valence-corrected chi connectivity index (χ2v) is 7.24. The molecule has 0 radical (unpaired) electrons. The van der Waals surface area contributed by atoms with Gasteiger partial charge in [-0.25, -0.2) is 4.98 Å². The van der Waals surface area contributed by atoms with E-state index in [2.05, 4.69) is 37.9 Å². The van der Waals surface area contributed by atoms with E-state index in [9.17, 15) is 4.79 Å². The number of nitriles is 1. The van der Waals surface area contributed by atoms with E-state index in [0.717, 1.165) is 18.0 Å². The molecule has 1 saturated heterocycles. The number of hydrogen-bond donors (Lipinski definition) is 1. The number of hydrogen-bond acceptors (Lipinski definition) is 9. The summed E-state index contributed by atoms with van der Waals surface area (Å²) in [5, 5.41) is 22.4. The fraction of sp³-hybridized carbons (Fsp3) is 0.333. The van der Waals surface area contributed by atoms with Crippen molar-refractivity contribution >= 4 is 17.3 Å². The van der Waals surface area contributed by atoms with E-state index in [1.54, 1.807) is 23.8 Å². The van der Waals surface area contributed by atoms with Crippen molar-refractivity contribution in [3.8, 4) is 17.6 Å². The first-order valence-corrected chi connectivity index (χ1v) is 9.59. The standard InChI is InChI=1S/C18H17N7O2S/c1-12-2-4-18(11-21-12,27-15-8-13(9-19)3-5-20-15)17(26)16-14(10-28-24-16)25-22-6-7-23-25/h3,5-8,10,12,21H,2,4,11H2,1H3/t12-,18-/m1/s1. The zero-order valence-electron chi connectivity index (χ0n) is 15.1. The number of carbonyl (C=O) groups excluding carboxylic acids is 1. The van der Waals surface area contributed by atoms with Gasteiger partial charge in [-0.05, 0) is 37.4 Å². The molecule has 3 aromatic rings. The Morgan fingerprint density at radius 2 is 2.25 bits per heavy atom. The molecular formula is C18H17N7O2S. The summed E-state index contributed by atoms with van der Waals surface area (Å²) in [4.78, 5) is 19.1. The molecule has 142 valence electrons. The average Bonchev–Trinajstić information content (AvgIpc) is 3.41. The van der Waals surface area contributed by atoms with E-state index < -0.39 is 5.60 Å². The first kappa shape index (κ1) is 18.2. The maximum atomic E-state index is 13.6. The molecule has 1 N–H and O–H groups in total. The number of nitrogens with zero attached hydrogens (tertiary/aromatic N) is 6. The fourth-order valence-electron chi connectivity index (χ4n) is 3.13. The zero-order valence-corrected chi connectivity index (χ0v) is 15.9. The molecular weight excluding hydrogens is 378 g/mol. The van der Waals surface area contributed by atoms with Gasteiger partial charge >= 0.3 is 0 Å². The van der Waals surface area contributed by atoms with Crippen LogP contribution >= 0.6 is 11.5 Å². The number of aromatic nitrogens is 5. The first-order chi connectivity index (χ1) is 13.6. The number of Topliss-reactive ketones (excluding diaryl/α,β-unsaturated/α-hetero) is 1. The van der Waals surface area contributed by atoms with Crippen LogP contribution < -0.4 is 10.1 Å². The number of carbonyl (C=O) groups is 1. The lowest BCUT2D eigenvalue weighted by Gasteiger charge is -2.38. The molecule has 1 aliphatic heterocycles. The van der Waals surface area contributed by atoms with Crippen LogP contribution in [0.25, 0.3) is 5.69 Å². The molecule has 4 rings (SSSR count). The maximum absolute atomic E-state index is 13.6. The van der Waals surface area contributed by atoms with Gasteiger partial charge in [-0.3, -0.25) is 4.79 Å². The third kappa shape index (κ3) is 3.37. The van der Waals surface area contributed by atoms with Crippen LogP contribution in [0.2, 0.25) is 0 Å². The normalized spacial score (nSPS) is 21.8. The van der Waals surface area contributed by atoms with Gasteiger partial charge in [0.05, 0.1) is 24.0 Å². The molecule has 1 aliphatic rings. The SMILES string of the molecule is C[C@@H]1CC[C@](Oc2cc(C#N)ccn2)(C(=O)c2nscc2-n2nccn2)CN1. The summed E-state index contributed by atoms with van der Waals surface area (Å²) in [7, 11) is 0. The van der Waals surface area contributed by atoms with Gasteiger partial charge in [0, 0.05) is 30.2 Å². The summed E-state index contributed by atoms with van der Waals surface area (Å²) in [6, 6.07) is 5.45. The smallest absolute Gasteiger partial charge is 0.229 e. The molecule has 4 heterocycles. The Morgan fingerprint density at radius 1 is 1.43 bits per heavy atom. The lowest BCUT2D eigenvalue weighted by Crippen LogP contribution is -2.58. The van der Waals surface area contributed by atoms with Crippen molar-refractivity contribution in [2.75, 3.05) is 6.54 Å². The minimum absolute atomic E-state index is 0.234. The predicted octanol–water partition coefficient (Wildman–Crippen LogP) is 1.76. The summed E-state index contributed by atoms with van der Waals surface area (Å²) >= 11 is 1.16. The molecule has 10 heteroatoms. The average molecular weight is 395 g/mol. The van der Waals surface area contributed by atoms with Gasteiger partial charge in [0.2, 0.25) is 11.7 Å². The highest BCUT2D eigenvalue weighted by molar-refractivity contribution is 7.04. The number of ether oxygens (including phenoxy) is 1. The zero-order chi connectivity index (χ0) is 19.6. The van der Waals surface area contributed by atoms with Crippen molar-refractivity contribution in [1.29, 1.82) is 5.26 Å². The molecule has 0 unspecified atom stereocenters. The van der Waals surface area contributed by atoms with Crippen LogP contribution in [-0.2, 0) is 0 Å². The topological polar surface area (TPSA) is 119 Å². The van der Waals surface area contributed by atoms with Crippen LogP contribution in [-0.4, -0.2) is 48.3 Å². The number of piperidine rings is 1. The monoisotopic (exact) mass is 395 g/mol. The highest BCUT2D eigenvalue weighted by Crippen LogP contribution is 2.31. The van der Waals surface area contributed by atoms with Gasteiger partial charge < -0.3 is 10.1 Å². The van der Waals surface area contributed by atoms with Crippen LogP contribution in [0, 0.1) is 11.3 Å². The highest BCUT2D eigenvalue weighted by Gasteiger charge is 2.46. The second-order valence-electron chi connectivity index (χ2n) is 6.61. The van der Waals surface area contributed by atoms with E-state index in [1.165, 1.54) is 17.1 Å². The summed E-state index contributed by atoms with van der Waals surface area (Å²) in [5.41, 5.74) is 0.0120. The van der Waals surface area contributed by atoms with Crippen molar-refractivity contribution in [1.82, 2.24) is 29.7 Å². The van der Waals surface area contributed by atoms with Gasteiger partial charge in [0.1, 0.15) is 5.69 Å². The number of rotatable bonds is 5. The molecule has 0 saturated carbocycles. The van der Waals surface area contributed by atoms with Crippen molar-refractivity contribution in [2.24, 2.45) is 0 Å². The summed E-state index contributed by atoms with van der Waals surface area (Å²) in [6.45, 7) is 2.37. The van der Waals surface area contributed by atoms with Crippen LogP contribution in [0.4, 0.5) is 0 Å². The third-order valence-corrected chi connectivity index (χ3v) is 5.31. The first-order valence-electron chi connectivity index (χ1n) is 8.76. The summed E-state index contributed by atoms with van der Waals surface area (Å²) in [5.74, 6) is -0.0256. The molecule has 0 bridgehead atoms. The molecule has 3 aromatic heterocycles. The van der Waals surface area contributed by atoms with Gasteiger partial charge in [-0.1, -0.05) is 0 Å². The van der Waals surface area contributed by atoms with E-state index in [1.807, 2.05) is 0 Å². The second kappa shape index (κ2) is 7.46. The van der Waals surface area contributed by atoms with Gasteiger partial charge in [-0.2, -0.15) is 19.8 Å². The largest absolute Gasteiger partial charge is 0.461 e. The van der Waals surface area contributed by atoms with Gasteiger partial charge in [0.25, 0.3) is 0 Å². The van der Waals surface area contributed by atoms with E-state index in [4.69, 9.17) is 10.00 Å². The Morgan fingerprint density at radius 3 is 2.96 bits per heavy atom. The minimum atomic E-state index is -1.18. The Balaban J connectivity index is 1.71. The highest BCUT2D eigenvalue weighted by atomic mass is 32.1. The molecule has 2 atom stereocenters. The summed E-state index contributed by atoms with van der Waals surface area (Å²) < 4.78 is 10.4. The van der Waals surface area contributed by atoms with E-state index in [-0.39, 0.29) is 23.4 Å². The lowest BCUT2D eigenvalue weighted by atomic mass is 9.85. The quantitative estimate of drug-likeness (QED) is 0.649. The molecule has 0 aliphatic carbocycles. The van der Waals surface area contributed by atoms with Crippen molar-refractivity contribution in [3.63, 3.8) is 0 Å². The molecule has 9 nitrogen and oxygen atoms in total. The van der Waals surface area contributed by atoms with Crippen molar-refractivity contribution < 1.29 is 9.53 Å². The Kier molecular flexibility index (Phi) is 4.85. The van der Waals surface area contributed by atoms with Crippen molar-refractivity contribution in [2.45, 2.75) is 31.4 Å². The maximum Gasteiger partial charge on any atom is 0.229 e. The number of pyridine rings is 1. The summed E-state index contributed by atoms with van der Waals surface area (Å²) in [6.07, 6.45) is 5.83. The van der Waals surface area contributed by atoms with E-state index in [0.29, 0.717) is 24.2 Å². The molecule has 0 amide bonds. The van der Waals surface area contributed by atoms with Crippen LogP contribution in [0.3, 0.4) is 0 Å². The molecule has 0 aromatic carbocycles. The number of nitrogens with one attached hydrogen (secondary N) is 1. The van der Waals surface area contributed by atoms with Crippen LogP contribution in [0.15, 0.2) is 36.1 Å². The fourth-order valence-corrected chi connectivity index (χ4v) is 3.77. The predicted molar refractivity (Wildman–Crippen MR) is 100 cm³/mol. The number of ketones is 1. The van der Waals surface area contributed by atoms with Crippen LogP contribution in [0.5, 0.6) is 5.88 Å². The lowest BCUT2D eigenvalue weighted by molar-refractivity contribution is 0.0260. The Hall–Kier alpha value is -3.16. The Labute approximate surface area is 165 Å². The minimum Gasteiger partial charge on any atom is -0.461 e. The third-order valence-electron chi connectivity index (χ3n) is 4.70.